The lowest BCUT2D eigenvalue weighted by Crippen LogP contribution is -2.48. The van der Waals surface area contributed by atoms with Gasteiger partial charge in [-0.1, -0.05) is 13.8 Å². The molecule has 0 radical (unpaired) electrons. The quantitative estimate of drug-likeness (QED) is 0.479. The molecule has 4 N–H and O–H groups in total. The summed E-state index contributed by atoms with van der Waals surface area (Å²) in [6.07, 6.45) is 1.70. The van der Waals surface area contributed by atoms with Crippen LogP contribution in [0.4, 0.5) is 0 Å². The van der Waals surface area contributed by atoms with E-state index in [4.69, 9.17) is 9.47 Å². The molecule has 2 bridgehead atoms. The van der Waals surface area contributed by atoms with Crippen LogP contribution >= 0.6 is 0 Å². The third kappa shape index (κ3) is 3.42. The Bertz CT molecular complexity index is 1110. The summed E-state index contributed by atoms with van der Waals surface area (Å²) in [5.41, 5.74) is 4.69. The molecule has 0 amide bonds. The first-order valence-corrected chi connectivity index (χ1v) is 13.0. The predicted octanol–water partition coefficient (Wildman–Crippen LogP) is 2.89. The number of hydrogen-bond donors (Lipinski definition) is 4. The molecule has 194 valence electrons. The first-order chi connectivity index (χ1) is 17.2. The number of benzene rings is 2. The Morgan fingerprint density at radius 2 is 1.03 bits per heavy atom. The first kappa shape index (κ1) is 23.9. The van der Waals surface area contributed by atoms with E-state index >= 15 is 0 Å². The van der Waals surface area contributed by atoms with E-state index in [0.29, 0.717) is 39.5 Å². The second-order valence-corrected chi connectivity index (χ2v) is 11.2. The highest BCUT2D eigenvalue weighted by Gasteiger charge is 2.55. The normalized spacial score (nSPS) is 28.2. The number of ether oxygens (including phenoxy) is 2. The molecule has 7 rings (SSSR count). The maximum Gasteiger partial charge on any atom is 0.162 e. The van der Waals surface area contributed by atoms with Gasteiger partial charge in [0, 0.05) is 61.2 Å². The minimum Gasteiger partial charge on any atom is -0.504 e. The number of phenols is 4. The summed E-state index contributed by atoms with van der Waals surface area (Å²) >= 11 is 0. The van der Waals surface area contributed by atoms with Gasteiger partial charge in [0.2, 0.25) is 0 Å². The van der Waals surface area contributed by atoms with E-state index in [9.17, 15) is 20.4 Å². The summed E-state index contributed by atoms with van der Waals surface area (Å²) in [5.74, 6) is -0.325. The van der Waals surface area contributed by atoms with Crippen molar-refractivity contribution in [3.63, 3.8) is 0 Å². The van der Waals surface area contributed by atoms with Crippen molar-refractivity contribution in [1.82, 2.24) is 9.80 Å². The standard InChI is InChI=1S/C28H36N2O6/c1-27-3-4-28(2,20-14-22(32)25(33)17(23(20)27)15-29-5-9-35-10-6-29)24-18(16-30-7-11-36-12-8-30)26(34)21(31)13-19(24)27/h13-14,31-34H,3-12,15-16H2,1-2H3. The van der Waals surface area contributed by atoms with Gasteiger partial charge in [0.1, 0.15) is 0 Å². The number of fused-ring (bicyclic) bond motifs is 1. The van der Waals surface area contributed by atoms with Gasteiger partial charge in [0.15, 0.2) is 23.0 Å². The maximum absolute atomic E-state index is 11.1. The molecule has 36 heavy (non-hydrogen) atoms. The zero-order valence-electron chi connectivity index (χ0n) is 21.1. The third-order valence-electron chi connectivity index (χ3n) is 9.15. The maximum atomic E-state index is 11.1. The Balaban J connectivity index is 1.55. The Kier molecular flexibility index (Phi) is 5.64. The smallest absolute Gasteiger partial charge is 0.162 e. The van der Waals surface area contributed by atoms with Crippen LogP contribution in [0, 0.1) is 0 Å². The zero-order chi connectivity index (χ0) is 25.2. The molecule has 2 aromatic rings. The van der Waals surface area contributed by atoms with Crippen molar-refractivity contribution in [2.45, 2.75) is 50.6 Å². The van der Waals surface area contributed by atoms with Crippen molar-refractivity contribution in [1.29, 1.82) is 0 Å². The highest BCUT2D eigenvalue weighted by atomic mass is 16.5. The van der Waals surface area contributed by atoms with Crippen LogP contribution in [0.3, 0.4) is 0 Å². The number of nitrogens with zero attached hydrogens (tertiary/aromatic N) is 2. The van der Waals surface area contributed by atoms with Gasteiger partial charge in [-0.25, -0.2) is 0 Å². The van der Waals surface area contributed by atoms with Crippen LogP contribution < -0.4 is 0 Å². The van der Waals surface area contributed by atoms with Crippen molar-refractivity contribution in [3.05, 3.63) is 45.5 Å². The molecule has 2 fully saturated rings. The lowest BCUT2D eigenvalue weighted by molar-refractivity contribution is 0.0331. The minimum absolute atomic E-state index is 0.0595. The fourth-order valence-electron chi connectivity index (χ4n) is 7.12. The molecule has 0 aromatic heterocycles. The molecule has 3 aliphatic carbocycles. The summed E-state index contributed by atoms with van der Waals surface area (Å²) < 4.78 is 11.0. The van der Waals surface area contributed by atoms with Crippen LogP contribution in [-0.2, 0) is 33.4 Å². The lowest BCUT2D eigenvalue weighted by atomic mass is 9.48. The molecule has 2 heterocycles. The average Bonchev–Trinajstić information content (AvgIpc) is 2.87. The van der Waals surface area contributed by atoms with E-state index in [2.05, 4.69) is 23.6 Å². The van der Waals surface area contributed by atoms with Crippen molar-refractivity contribution in [3.8, 4) is 23.0 Å². The van der Waals surface area contributed by atoms with Gasteiger partial charge in [-0.2, -0.15) is 0 Å². The summed E-state index contributed by atoms with van der Waals surface area (Å²) in [5, 5.41) is 44.0. The number of phenolic OH excluding ortho intramolecular Hbond substituents is 4. The fraction of sp³-hybridized carbons (Fsp3) is 0.571. The molecule has 2 aliphatic heterocycles. The van der Waals surface area contributed by atoms with Crippen molar-refractivity contribution in [2.75, 3.05) is 52.6 Å². The van der Waals surface area contributed by atoms with Crippen LogP contribution in [0.25, 0.3) is 0 Å². The molecule has 0 spiro atoms. The van der Waals surface area contributed by atoms with E-state index in [0.717, 1.165) is 72.4 Å². The number of aromatic hydroxyl groups is 4. The van der Waals surface area contributed by atoms with Crippen molar-refractivity contribution in [2.24, 2.45) is 0 Å². The van der Waals surface area contributed by atoms with Gasteiger partial charge in [0.05, 0.1) is 26.4 Å². The number of hydrogen-bond acceptors (Lipinski definition) is 8. The SMILES string of the molecule is CC12CCC(C)(c3cc(O)c(O)c(CN4CCOCC4)c31)c1c2cc(O)c(O)c1CN1CCOCC1. The molecule has 0 saturated carbocycles. The first-order valence-electron chi connectivity index (χ1n) is 13.0. The van der Waals surface area contributed by atoms with E-state index in [-0.39, 0.29) is 23.0 Å². The zero-order valence-corrected chi connectivity index (χ0v) is 21.1. The number of morpholine rings is 2. The lowest BCUT2D eigenvalue weighted by Gasteiger charge is -2.55. The molecular formula is C28H36N2O6. The molecule has 5 aliphatic rings. The van der Waals surface area contributed by atoms with Crippen LogP contribution in [-0.4, -0.2) is 82.8 Å². The third-order valence-corrected chi connectivity index (χ3v) is 9.15. The van der Waals surface area contributed by atoms with E-state index < -0.39 is 10.8 Å². The van der Waals surface area contributed by atoms with Gasteiger partial charge < -0.3 is 29.9 Å². The number of rotatable bonds is 4. The van der Waals surface area contributed by atoms with Crippen molar-refractivity contribution < 1.29 is 29.9 Å². The van der Waals surface area contributed by atoms with E-state index in [1.165, 1.54) is 0 Å². The predicted molar refractivity (Wildman–Crippen MR) is 134 cm³/mol. The van der Waals surface area contributed by atoms with Gasteiger partial charge in [-0.3, -0.25) is 9.80 Å². The Labute approximate surface area is 211 Å². The fourth-order valence-corrected chi connectivity index (χ4v) is 7.12. The molecule has 2 atom stereocenters. The largest absolute Gasteiger partial charge is 0.504 e. The summed E-state index contributed by atoms with van der Waals surface area (Å²) in [7, 11) is 0. The molecule has 8 heteroatoms. The Morgan fingerprint density at radius 3 is 1.39 bits per heavy atom. The minimum atomic E-state index is -0.472. The van der Waals surface area contributed by atoms with Gasteiger partial charge >= 0.3 is 0 Å². The summed E-state index contributed by atoms with van der Waals surface area (Å²) in [4.78, 5) is 4.51. The molecule has 2 saturated heterocycles. The second-order valence-electron chi connectivity index (χ2n) is 11.2. The highest BCUT2D eigenvalue weighted by Crippen LogP contribution is 2.64. The highest BCUT2D eigenvalue weighted by molar-refractivity contribution is 5.72. The van der Waals surface area contributed by atoms with E-state index in [1.807, 2.05) is 0 Å². The average molecular weight is 497 g/mol. The van der Waals surface area contributed by atoms with Gasteiger partial charge in [0.25, 0.3) is 0 Å². The summed E-state index contributed by atoms with van der Waals surface area (Å²) in [6, 6.07) is 3.46. The molecule has 8 nitrogen and oxygen atoms in total. The monoisotopic (exact) mass is 496 g/mol. The molecule has 2 unspecified atom stereocenters. The summed E-state index contributed by atoms with van der Waals surface area (Å²) in [6.45, 7) is 11.1. The van der Waals surface area contributed by atoms with Crippen LogP contribution in [0.15, 0.2) is 12.1 Å². The van der Waals surface area contributed by atoms with Crippen LogP contribution in [0.2, 0.25) is 0 Å². The Morgan fingerprint density at radius 1 is 0.667 bits per heavy atom. The van der Waals surface area contributed by atoms with E-state index in [1.54, 1.807) is 12.1 Å². The molecule has 2 aromatic carbocycles. The van der Waals surface area contributed by atoms with Crippen LogP contribution in [0.5, 0.6) is 23.0 Å². The van der Waals surface area contributed by atoms with Crippen LogP contribution in [0.1, 0.15) is 60.1 Å². The van der Waals surface area contributed by atoms with Gasteiger partial charge in [-0.05, 0) is 47.2 Å². The second kappa shape index (κ2) is 8.52. The van der Waals surface area contributed by atoms with Crippen molar-refractivity contribution >= 4 is 0 Å². The van der Waals surface area contributed by atoms with Gasteiger partial charge in [-0.15, -0.1) is 0 Å². The molecular weight excluding hydrogens is 460 g/mol. The topological polar surface area (TPSA) is 106 Å². The Hall–Kier alpha value is -2.52.